The van der Waals surface area contributed by atoms with Crippen molar-refractivity contribution in [3.05, 3.63) is 64.4 Å². The molecule has 3 aromatic rings. The molecule has 0 N–H and O–H groups in total. The van der Waals surface area contributed by atoms with Gasteiger partial charge in [0.2, 0.25) is 0 Å². The lowest BCUT2D eigenvalue weighted by atomic mass is 9.88. The molecule has 1 fully saturated rings. The van der Waals surface area contributed by atoms with Crippen LogP contribution in [-0.4, -0.2) is 48.1 Å². The van der Waals surface area contributed by atoms with E-state index >= 15 is 0 Å². The molecule has 5 rings (SSSR count). The Bertz CT molecular complexity index is 1210. The fourth-order valence-corrected chi connectivity index (χ4v) is 4.62. The number of carbonyl (C=O) groups excluding carboxylic acids is 2. The Hall–Kier alpha value is -3.32. The number of fused-ring (bicyclic) bond motifs is 1. The molecular formula is C25H23ClN2O5. The molecule has 33 heavy (non-hydrogen) atoms. The molecule has 7 nitrogen and oxygen atoms in total. The number of aryl methyl sites for hydroxylation is 1. The summed E-state index contributed by atoms with van der Waals surface area (Å²) in [4.78, 5) is 28.2. The molecule has 0 unspecified atom stereocenters. The van der Waals surface area contributed by atoms with Gasteiger partial charge in [0.05, 0.1) is 5.02 Å². The fourth-order valence-electron chi connectivity index (χ4n) is 4.40. The van der Waals surface area contributed by atoms with Crippen molar-refractivity contribution in [2.75, 3.05) is 26.3 Å². The van der Waals surface area contributed by atoms with E-state index in [0.29, 0.717) is 83.8 Å². The first-order valence-electron chi connectivity index (χ1n) is 11.0. The van der Waals surface area contributed by atoms with Crippen LogP contribution in [0.4, 0.5) is 0 Å². The van der Waals surface area contributed by atoms with Gasteiger partial charge in [-0.15, -0.1) is 0 Å². The van der Waals surface area contributed by atoms with Crippen LogP contribution in [0.2, 0.25) is 5.02 Å². The number of ketones is 1. The van der Waals surface area contributed by atoms with Gasteiger partial charge in [0, 0.05) is 30.1 Å². The van der Waals surface area contributed by atoms with Crippen LogP contribution in [0.1, 0.15) is 39.3 Å². The van der Waals surface area contributed by atoms with Crippen molar-refractivity contribution >= 4 is 23.3 Å². The number of rotatable bonds is 4. The SMILES string of the molecule is Cc1onc(-c2ccccc2Cl)c1C(=O)N1CCC(C(=O)c2ccc3c(c2)OCCO3)CC1. The summed E-state index contributed by atoms with van der Waals surface area (Å²) in [7, 11) is 0. The molecule has 1 saturated heterocycles. The van der Waals surface area contributed by atoms with Gasteiger partial charge >= 0.3 is 0 Å². The van der Waals surface area contributed by atoms with Gasteiger partial charge in [-0.3, -0.25) is 9.59 Å². The van der Waals surface area contributed by atoms with Crippen molar-refractivity contribution in [1.29, 1.82) is 0 Å². The van der Waals surface area contributed by atoms with E-state index in [9.17, 15) is 9.59 Å². The largest absolute Gasteiger partial charge is 0.486 e. The number of halogens is 1. The number of hydrogen-bond acceptors (Lipinski definition) is 6. The summed E-state index contributed by atoms with van der Waals surface area (Å²) in [6, 6.07) is 12.6. The first-order chi connectivity index (χ1) is 16.0. The van der Waals surface area contributed by atoms with Crippen LogP contribution in [0, 0.1) is 12.8 Å². The number of carbonyl (C=O) groups is 2. The minimum atomic E-state index is -0.158. The van der Waals surface area contributed by atoms with Crippen molar-refractivity contribution in [3.63, 3.8) is 0 Å². The summed E-state index contributed by atoms with van der Waals surface area (Å²) in [6.45, 7) is 3.66. The number of ether oxygens (including phenoxy) is 2. The molecule has 1 amide bonds. The lowest BCUT2D eigenvalue weighted by Gasteiger charge is -2.31. The molecule has 1 aromatic heterocycles. The van der Waals surface area contributed by atoms with Crippen LogP contribution in [0.15, 0.2) is 47.0 Å². The van der Waals surface area contributed by atoms with Crippen LogP contribution in [0.5, 0.6) is 11.5 Å². The van der Waals surface area contributed by atoms with E-state index in [2.05, 4.69) is 5.16 Å². The number of nitrogens with zero attached hydrogens (tertiary/aromatic N) is 2. The minimum absolute atomic E-state index is 0.0667. The van der Waals surface area contributed by atoms with Gasteiger partial charge in [-0.2, -0.15) is 0 Å². The zero-order valence-electron chi connectivity index (χ0n) is 18.2. The Morgan fingerprint density at radius 3 is 2.52 bits per heavy atom. The molecule has 0 saturated carbocycles. The predicted octanol–water partition coefficient (Wildman–Crippen LogP) is 4.81. The highest BCUT2D eigenvalue weighted by Crippen LogP contribution is 2.34. The molecule has 2 aliphatic heterocycles. The third-order valence-electron chi connectivity index (χ3n) is 6.19. The Labute approximate surface area is 196 Å². The van der Waals surface area contributed by atoms with Gasteiger partial charge in [-0.05, 0) is 44.0 Å². The highest BCUT2D eigenvalue weighted by molar-refractivity contribution is 6.33. The Balaban J connectivity index is 1.29. The number of benzene rings is 2. The van der Waals surface area contributed by atoms with E-state index in [4.69, 9.17) is 25.6 Å². The smallest absolute Gasteiger partial charge is 0.259 e. The minimum Gasteiger partial charge on any atom is -0.486 e. The zero-order valence-corrected chi connectivity index (χ0v) is 18.9. The van der Waals surface area contributed by atoms with Crippen LogP contribution >= 0.6 is 11.6 Å². The van der Waals surface area contributed by atoms with E-state index in [1.165, 1.54) is 0 Å². The second-order valence-corrected chi connectivity index (χ2v) is 8.64. The molecule has 2 aromatic carbocycles. The molecule has 0 radical (unpaired) electrons. The maximum absolute atomic E-state index is 13.4. The maximum atomic E-state index is 13.4. The van der Waals surface area contributed by atoms with Gasteiger partial charge < -0.3 is 18.9 Å². The van der Waals surface area contributed by atoms with Crippen molar-refractivity contribution in [3.8, 4) is 22.8 Å². The standard InChI is InChI=1S/C25H23ClN2O5/c1-15-22(23(27-33-15)18-4-2-3-5-19(18)26)25(30)28-10-8-16(9-11-28)24(29)17-6-7-20-21(14-17)32-13-12-31-20/h2-7,14,16H,8-13H2,1H3. The summed E-state index contributed by atoms with van der Waals surface area (Å²) >= 11 is 6.33. The Morgan fingerprint density at radius 1 is 1.03 bits per heavy atom. The predicted molar refractivity (Wildman–Crippen MR) is 122 cm³/mol. The zero-order chi connectivity index (χ0) is 22.9. The van der Waals surface area contributed by atoms with Crippen LogP contribution in [0.3, 0.4) is 0 Å². The second-order valence-electron chi connectivity index (χ2n) is 8.23. The molecule has 2 aliphatic rings. The third-order valence-corrected chi connectivity index (χ3v) is 6.51. The average Bonchev–Trinajstić information content (AvgIpc) is 3.24. The molecule has 8 heteroatoms. The quantitative estimate of drug-likeness (QED) is 0.513. The van der Waals surface area contributed by atoms with Crippen molar-refractivity contribution in [2.45, 2.75) is 19.8 Å². The molecule has 170 valence electrons. The number of aromatic nitrogens is 1. The van der Waals surface area contributed by atoms with Crippen LogP contribution < -0.4 is 9.47 Å². The van der Waals surface area contributed by atoms with E-state index < -0.39 is 0 Å². The van der Waals surface area contributed by atoms with E-state index in [1.54, 1.807) is 36.1 Å². The second kappa shape index (κ2) is 8.90. The lowest BCUT2D eigenvalue weighted by Crippen LogP contribution is -2.40. The first-order valence-corrected chi connectivity index (χ1v) is 11.3. The van der Waals surface area contributed by atoms with Crippen LogP contribution in [-0.2, 0) is 0 Å². The summed E-state index contributed by atoms with van der Waals surface area (Å²) in [5.74, 6) is 1.48. The van der Waals surface area contributed by atoms with Gasteiger partial charge in [0.25, 0.3) is 5.91 Å². The lowest BCUT2D eigenvalue weighted by molar-refractivity contribution is 0.0649. The van der Waals surface area contributed by atoms with Gasteiger partial charge in [0.1, 0.15) is 30.2 Å². The number of Topliss-reactive ketones (excluding diaryl/α,β-unsaturated/α-hetero) is 1. The first kappa shape index (κ1) is 21.5. The fraction of sp³-hybridized carbons (Fsp3) is 0.320. The van der Waals surface area contributed by atoms with Crippen molar-refractivity contribution in [2.24, 2.45) is 5.92 Å². The van der Waals surface area contributed by atoms with E-state index in [0.717, 1.165) is 0 Å². The number of amides is 1. The van der Waals surface area contributed by atoms with E-state index in [-0.39, 0.29) is 17.6 Å². The molecule has 0 aliphatic carbocycles. The van der Waals surface area contributed by atoms with Crippen molar-refractivity contribution < 1.29 is 23.6 Å². The topological polar surface area (TPSA) is 81.9 Å². The maximum Gasteiger partial charge on any atom is 0.259 e. The van der Waals surface area contributed by atoms with Gasteiger partial charge in [0.15, 0.2) is 17.3 Å². The Kier molecular flexibility index (Phi) is 5.81. The normalized spacial score (nSPS) is 16.0. The number of hydrogen-bond donors (Lipinski definition) is 0. The molecule has 3 heterocycles. The molecule has 0 spiro atoms. The molecule has 0 bridgehead atoms. The highest BCUT2D eigenvalue weighted by Gasteiger charge is 2.32. The molecular weight excluding hydrogens is 444 g/mol. The summed E-state index contributed by atoms with van der Waals surface area (Å²) in [5, 5.41) is 4.60. The van der Waals surface area contributed by atoms with Gasteiger partial charge in [-0.1, -0.05) is 35.0 Å². The summed E-state index contributed by atoms with van der Waals surface area (Å²) < 4.78 is 16.5. The number of piperidine rings is 1. The summed E-state index contributed by atoms with van der Waals surface area (Å²) in [6.07, 6.45) is 1.18. The monoisotopic (exact) mass is 466 g/mol. The number of likely N-dealkylation sites (tertiary alicyclic amines) is 1. The van der Waals surface area contributed by atoms with Crippen LogP contribution in [0.25, 0.3) is 11.3 Å². The Morgan fingerprint density at radius 2 is 1.76 bits per heavy atom. The highest BCUT2D eigenvalue weighted by atomic mass is 35.5. The average molecular weight is 467 g/mol. The van der Waals surface area contributed by atoms with E-state index in [1.807, 2.05) is 18.2 Å². The molecule has 0 atom stereocenters. The van der Waals surface area contributed by atoms with Gasteiger partial charge in [-0.25, -0.2) is 0 Å². The van der Waals surface area contributed by atoms with Crippen molar-refractivity contribution in [1.82, 2.24) is 10.1 Å². The summed E-state index contributed by atoms with van der Waals surface area (Å²) in [5.41, 5.74) is 2.13. The third kappa shape index (κ3) is 4.09.